The molecule has 0 fully saturated rings. The Balaban J connectivity index is 2.33. The standard InChI is InChI=1S/C16H24N2O4/c19-15-7-5-3-1-2-4-6-8-16(20)18-10-12-22-14-13-21-11-9-17-15/h1,3H,5-14H2,(H,17,19)(H,18,20). The van der Waals surface area contributed by atoms with Crippen molar-refractivity contribution in [3.8, 4) is 11.8 Å². The van der Waals surface area contributed by atoms with E-state index in [1.54, 1.807) is 6.08 Å². The maximum atomic E-state index is 11.5. The first-order chi connectivity index (χ1) is 10.8. The number of nitrogens with one attached hydrogen (secondary N) is 2. The molecular weight excluding hydrogens is 284 g/mol. The number of hydrogen-bond acceptors (Lipinski definition) is 4. The Morgan fingerprint density at radius 2 is 1.55 bits per heavy atom. The molecule has 0 unspecified atom stereocenters. The molecule has 0 saturated heterocycles. The molecule has 1 rings (SSSR count). The second-order valence-electron chi connectivity index (χ2n) is 4.69. The number of ether oxygens (including phenoxy) is 2. The van der Waals surface area contributed by atoms with Gasteiger partial charge in [-0.1, -0.05) is 17.9 Å². The molecule has 1 heterocycles. The largest absolute Gasteiger partial charge is 0.377 e. The van der Waals surface area contributed by atoms with Gasteiger partial charge in [0, 0.05) is 32.4 Å². The first-order valence-electron chi connectivity index (χ1n) is 7.61. The maximum Gasteiger partial charge on any atom is 0.221 e. The minimum Gasteiger partial charge on any atom is -0.377 e. The molecule has 22 heavy (non-hydrogen) atoms. The SMILES string of the molecule is O=C1CCC#CC=CCCC(=O)NCCOCCOCCN1. The summed E-state index contributed by atoms with van der Waals surface area (Å²) in [6, 6.07) is 0. The number of amides is 2. The zero-order valence-electron chi connectivity index (χ0n) is 12.9. The molecule has 0 aromatic rings. The van der Waals surface area contributed by atoms with Crippen LogP contribution < -0.4 is 10.6 Å². The first-order valence-corrected chi connectivity index (χ1v) is 7.61. The predicted octanol–water partition coefficient (Wildman–Crippen LogP) is 0.386. The van der Waals surface area contributed by atoms with E-state index >= 15 is 0 Å². The fourth-order valence-electron chi connectivity index (χ4n) is 1.69. The third kappa shape index (κ3) is 10.9. The monoisotopic (exact) mass is 308 g/mol. The van der Waals surface area contributed by atoms with Crippen molar-refractivity contribution in [1.82, 2.24) is 10.6 Å². The molecule has 1 aliphatic rings. The van der Waals surface area contributed by atoms with Crippen LogP contribution in [0.4, 0.5) is 0 Å². The summed E-state index contributed by atoms with van der Waals surface area (Å²) in [5, 5.41) is 5.56. The number of hydrogen-bond donors (Lipinski definition) is 2. The summed E-state index contributed by atoms with van der Waals surface area (Å²) in [6.07, 6.45) is 5.57. The Kier molecular flexibility index (Phi) is 10.7. The Labute approximate surface area is 131 Å². The molecule has 6 heteroatoms. The minimum atomic E-state index is -0.0239. The van der Waals surface area contributed by atoms with E-state index in [4.69, 9.17) is 9.47 Å². The van der Waals surface area contributed by atoms with E-state index in [-0.39, 0.29) is 11.8 Å². The van der Waals surface area contributed by atoms with Crippen LogP contribution in [0.3, 0.4) is 0 Å². The average Bonchev–Trinajstić information content (AvgIpc) is 2.50. The molecule has 0 saturated carbocycles. The summed E-state index contributed by atoms with van der Waals surface area (Å²) in [5.41, 5.74) is 0. The van der Waals surface area contributed by atoms with Gasteiger partial charge in [0.1, 0.15) is 0 Å². The van der Waals surface area contributed by atoms with Crippen molar-refractivity contribution in [2.75, 3.05) is 39.5 Å². The molecule has 0 aromatic heterocycles. The normalized spacial score (nSPS) is 20.2. The minimum absolute atomic E-state index is 0.00327. The Morgan fingerprint density at radius 1 is 0.909 bits per heavy atom. The second-order valence-corrected chi connectivity index (χ2v) is 4.69. The van der Waals surface area contributed by atoms with Crippen LogP contribution >= 0.6 is 0 Å². The highest BCUT2D eigenvalue weighted by Gasteiger charge is 2.00. The van der Waals surface area contributed by atoms with E-state index in [0.717, 1.165) is 0 Å². The lowest BCUT2D eigenvalue weighted by Gasteiger charge is -2.08. The molecule has 0 aliphatic carbocycles. The number of carbonyl (C=O) groups excluding carboxylic acids is 2. The van der Waals surface area contributed by atoms with Gasteiger partial charge in [0.2, 0.25) is 11.8 Å². The molecule has 6 nitrogen and oxygen atoms in total. The van der Waals surface area contributed by atoms with Gasteiger partial charge in [0.15, 0.2) is 0 Å². The van der Waals surface area contributed by atoms with E-state index < -0.39 is 0 Å². The average molecular weight is 308 g/mol. The summed E-state index contributed by atoms with van der Waals surface area (Å²) in [4.78, 5) is 23.0. The van der Waals surface area contributed by atoms with Crippen molar-refractivity contribution in [1.29, 1.82) is 0 Å². The second kappa shape index (κ2) is 12.9. The van der Waals surface area contributed by atoms with Gasteiger partial charge in [-0.25, -0.2) is 0 Å². The van der Waals surface area contributed by atoms with Crippen LogP contribution in [-0.4, -0.2) is 51.3 Å². The van der Waals surface area contributed by atoms with Crippen LogP contribution in [-0.2, 0) is 19.1 Å². The summed E-state index contributed by atoms with van der Waals surface area (Å²) in [5.74, 6) is 5.74. The van der Waals surface area contributed by atoms with E-state index in [9.17, 15) is 9.59 Å². The molecule has 0 spiro atoms. The molecule has 0 atom stereocenters. The van der Waals surface area contributed by atoms with Gasteiger partial charge in [-0.15, -0.1) is 0 Å². The van der Waals surface area contributed by atoms with Crippen LogP contribution in [0, 0.1) is 11.8 Å². The van der Waals surface area contributed by atoms with Gasteiger partial charge in [-0.2, -0.15) is 0 Å². The summed E-state index contributed by atoms with van der Waals surface area (Å²) in [6.45, 7) is 2.86. The lowest BCUT2D eigenvalue weighted by molar-refractivity contribution is -0.122. The topological polar surface area (TPSA) is 76.7 Å². The Hall–Kier alpha value is -1.84. The number of carbonyl (C=O) groups is 2. The smallest absolute Gasteiger partial charge is 0.221 e. The maximum absolute atomic E-state index is 11.5. The van der Waals surface area contributed by atoms with Crippen molar-refractivity contribution in [2.45, 2.75) is 25.7 Å². The van der Waals surface area contributed by atoms with Gasteiger partial charge in [-0.05, 0) is 12.5 Å². The lowest BCUT2D eigenvalue weighted by atomic mass is 10.2. The van der Waals surface area contributed by atoms with Gasteiger partial charge in [0.25, 0.3) is 0 Å². The van der Waals surface area contributed by atoms with Gasteiger partial charge in [0.05, 0.1) is 26.4 Å². The van der Waals surface area contributed by atoms with Crippen molar-refractivity contribution in [3.63, 3.8) is 0 Å². The van der Waals surface area contributed by atoms with Gasteiger partial charge < -0.3 is 20.1 Å². The van der Waals surface area contributed by atoms with Crippen LogP contribution in [0.5, 0.6) is 0 Å². The molecule has 0 bridgehead atoms. The third-order valence-electron chi connectivity index (χ3n) is 2.83. The molecule has 2 amide bonds. The fraction of sp³-hybridized carbons (Fsp3) is 0.625. The fourth-order valence-corrected chi connectivity index (χ4v) is 1.69. The molecule has 2 N–H and O–H groups in total. The van der Waals surface area contributed by atoms with Gasteiger partial charge in [-0.3, -0.25) is 9.59 Å². The zero-order valence-corrected chi connectivity index (χ0v) is 12.9. The van der Waals surface area contributed by atoms with Crippen LogP contribution in [0.2, 0.25) is 0 Å². The molecule has 0 radical (unpaired) electrons. The van der Waals surface area contributed by atoms with Crippen molar-refractivity contribution in [3.05, 3.63) is 12.2 Å². The predicted molar refractivity (Wildman–Crippen MR) is 83.0 cm³/mol. The molecule has 122 valence electrons. The highest BCUT2D eigenvalue weighted by Crippen LogP contribution is 1.92. The highest BCUT2D eigenvalue weighted by molar-refractivity contribution is 5.76. The molecular formula is C16H24N2O4. The van der Waals surface area contributed by atoms with Crippen molar-refractivity contribution >= 4 is 11.8 Å². The molecule has 1 aliphatic heterocycles. The van der Waals surface area contributed by atoms with Gasteiger partial charge >= 0.3 is 0 Å². The van der Waals surface area contributed by atoms with Crippen LogP contribution in [0.15, 0.2) is 12.2 Å². The van der Waals surface area contributed by atoms with E-state index in [2.05, 4.69) is 22.5 Å². The number of allylic oxidation sites excluding steroid dienone is 2. The summed E-state index contributed by atoms with van der Waals surface area (Å²) in [7, 11) is 0. The summed E-state index contributed by atoms with van der Waals surface area (Å²) >= 11 is 0. The Bertz CT molecular complexity index is 424. The van der Waals surface area contributed by atoms with E-state index in [1.807, 2.05) is 6.08 Å². The Morgan fingerprint density at radius 3 is 2.23 bits per heavy atom. The highest BCUT2D eigenvalue weighted by atomic mass is 16.5. The number of rotatable bonds is 0. The van der Waals surface area contributed by atoms with Crippen LogP contribution in [0.25, 0.3) is 0 Å². The van der Waals surface area contributed by atoms with Crippen LogP contribution in [0.1, 0.15) is 25.7 Å². The summed E-state index contributed by atoms with van der Waals surface area (Å²) < 4.78 is 10.6. The van der Waals surface area contributed by atoms with E-state index in [1.165, 1.54) is 0 Å². The lowest BCUT2D eigenvalue weighted by Crippen LogP contribution is -2.28. The first kappa shape index (κ1) is 18.2. The quantitative estimate of drug-likeness (QED) is 0.635. The van der Waals surface area contributed by atoms with Crippen molar-refractivity contribution in [2.24, 2.45) is 0 Å². The molecule has 0 aromatic carbocycles. The zero-order chi connectivity index (χ0) is 15.9. The van der Waals surface area contributed by atoms with Crippen molar-refractivity contribution < 1.29 is 19.1 Å². The third-order valence-corrected chi connectivity index (χ3v) is 2.83. The van der Waals surface area contributed by atoms with E-state index in [0.29, 0.717) is 65.2 Å².